The summed E-state index contributed by atoms with van der Waals surface area (Å²) in [7, 11) is 0. The average molecular weight is 786 g/mol. The van der Waals surface area contributed by atoms with Crippen LogP contribution in [-0.2, 0) is 9.59 Å². The van der Waals surface area contributed by atoms with Gasteiger partial charge in [-0.15, -0.1) is 0 Å². The molecule has 47 heavy (non-hydrogen) atoms. The molecule has 0 fully saturated rings. The normalized spacial score (nSPS) is 11.1. The Morgan fingerprint density at radius 2 is 1.00 bits per heavy atom. The molecule has 2 radical (unpaired) electrons. The van der Waals surface area contributed by atoms with Crippen LogP contribution in [0.1, 0.15) is 61.8 Å². The Balaban J connectivity index is 0.000000262. The molecule has 0 atom stereocenters. The van der Waals surface area contributed by atoms with E-state index in [1.165, 1.54) is 74.2 Å². The topological polar surface area (TPSA) is 74.6 Å². The predicted octanol–water partition coefficient (Wildman–Crippen LogP) is 11.3. The standard InChI is InChI=1S/2C15H10ClFO2.2C4H9.Sn/c2*16-12-6-4-11(5-7-12)14(15(18)19)9-10-2-1-3-13(17)8-10;2*1-3-4-2;/h2*1-9H,(H,18,19);2*1,3-4H2,2H3;/b2*14-9+;;;. The molecule has 0 bridgehead atoms. The molecule has 4 rings (SSSR count). The molecule has 0 amide bonds. The maximum absolute atomic E-state index is 13.1. The molecule has 0 unspecified atom stereocenters. The summed E-state index contributed by atoms with van der Waals surface area (Å²) in [6, 6.07) is 24.4. The van der Waals surface area contributed by atoms with Gasteiger partial charge in [0.05, 0.1) is 11.1 Å². The van der Waals surface area contributed by atoms with Gasteiger partial charge in [-0.1, -0.05) is 71.7 Å². The molecule has 0 aliphatic rings. The summed E-state index contributed by atoms with van der Waals surface area (Å²) in [6.45, 7) is 4.58. The van der Waals surface area contributed by atoms with E-state index in [0.29, 0.717) is 32.3 Å². The van der Waals surface area contributed by atoms with E-state index < -0.39 is 23.6 Å². The summed E-state index contributed by atoms with van der Waals surface area (Å²) in [5.74, 6) is -2.97. The minimum atomic E-state index is -1.08. The van der Waals surface area contributed by atoms with Gasteiger partial charge in [-0.05, 0) is 82.9 Å². The molecule has 0 saturated heterocycles. The molecule has 0 heterocycles. The fourth-order valence-corrected chi connectivity index (χ4v) is 8.46. The van der Waals surface area contributed by atoms with Gasteiger partial charge in [-0.3, -0.25) is 0 Å². The third-order valence-electron chi connectivity index (χ3n) is 6.50. The average Bonchev–Trinajstić information content (AvgIpc) is 3.04. The molecular formula is C38H38Cl2F2O4Sn. The molecule has 246 valence electrons. The molecule has 4 aromatic carbocycles. The number of unbranched alkanes of at least 4 members (excludes halogenated alkanes) is 2. The van der Waals surface area contributed by atoms with Crippen molar-refractivity contribution in [3.05, 3.63) is 141 Å². The van der Waals surface area contributed by atoms with E-state index in [1.807, 2.05) is 0 Å². The van der Waals surface area contributed by atoms with Gasteiger partial charge >= 0.3 is 81.5 Å². The third kappa shape index (κ3) is 15.8. The van der Waals surface area contributed by atoms with Crippen molar-refractivity contribution < 1.29 is 28.6 Å². The second kappa shape index (κ2) is 22.2. The van der Waals surface area contributed by atoms with Crippen molar-refractivity contribution in [1.29, 1.82) is 0 Å². The van der Waals surface area contributed by atoms with Crippen LogP contribution in [0.25, 0.3) is 23.3 Å². The molecule has 2 N–H and O–H groups in total. The molecule has 0 aliphatic carbocycles. The molecule has 0 spiro atoms. The Labute approximate surface area is 296 Å². The number of hydrogen-bond acceptors (Lipinski definition) is 2. The number of hydrogen-bond donors (Lipinski definition) is 2. The number of carboxylic acids is 2. The van der Waals surface area contributed by atoms with Crippen molar-refractivity contribution in [3.63, 3.8) is 0 Å². The van der Waals surface area contributed by atoms with Crippen molar-refractivity contribution in [2.45, 2.75) is 48.4 Å². The van der Waals surface area contributed by atoms with Gasteiger partial charge in [0.2, 0.25) is 0 Å². The van der Waals surface area contributed by atoms with Crippen LogP contribution in [-0.4, -0.2) is 43.3 Å². The summed E-state index contributed by atoms with van der Waals surface area (Å²) in [5, 5.41) is 19.5. The summed E-state index contributed by atoms with van der Waals surface area (Å²) in [6.07, 6.45) is 8.69. The molecular weight excluding hydrogens is 748 g/mol. The van der Waals surface area contributed by atoms with Crippen LogP contribution in [0.4, 0.5) is 8.78 Å². The second-order valence-electron chi connectivity index (χ2n) is 10.3. The van der Waals surface area contributed by atoms with Crippen LogP contribution in [0.3, 0.4) is 0 Å². The first-order valence-electron chi connectivity index (χ1n) is 15.2. The Bertz CT molecular complexity index is 1500. The summed E-state index contributed by atoms with van der Waals surface area (Å²) >= 11 is 11.7. The van der Waals surface area contributed by atoms with E-state index in [-0.39, 0.29) is 32.3 Å². The van der Waals surface area contributed by atoms with E-state index in [9.17, 15) is 28.6 Å². The summed E-state index contributed by atoms with van der Waals surface area (Å²) in [5.41, 5.74) is 2.19. The molecule has 9 heteroatoms. The van der Waals surface area contributed by atoms with E-state index in [1.54, 1.807) is 69.5 Å². The van der Waals surface area contributed by atoms with Crippen LogP contribution >= 0.6 is 23.2 Å². The van der Waals surface area contributed by atoms with Gasteiger partial charge in [0.15, 0.2) is 0 Å². The van der Waals surface area contributed by atoms with E-state index >= 15 is 0 Å². The second-order valence-corrected chi connectivity index (χ2v) is 15.5. The zero-order valence-corrected chi connectivity index (χ0v) is 30.7. The van der Waals surface area contributed by atoms with Crippen molar-refractivity contribution >= 4 is 79.6 Å². The monoisotopic (exact) mass is 786 g/mol. The van der Waals surface area contributed by atoms with Crippen molar-refractivity contribution in [3.8, 4) is 0 Å². The maximum atomic E-state index is 13.1. The molecule has 0 aliphatic heterocycles. The smallest absolute Gasteiger partial charge is 0.336 e. The van der Waals surface area contributed by atoms with Crippen molar-refractivity contribution in [2.75, 3.05) is 0 Å². The van der Waals surface area contributed by atoms with Gasteiger partial charge in [0.1, 0.15) is 11.6 Å². The van der Waals surface area contributed by atoms with E-state index in [2.05, 4.69) is 13.8 Å². The third-order valence-corrected chi connectivity index (χ3v) is 11.0. The van der Waals surface area contributed by atoms with Gasteiger partial charge < -0.3 is 10.2 Å². The summed E-state index contributed by atoms with van der Waals surface area (Å²) in [4.78, 5) is 22.6. The minimum absolute atomic E-state index is 0.0854. The minimum Gasteiger partial charge on any atom is -0.478 e. The van der Waals surface area contributed by atoms with E-state index in [0.717, 1.165) is 0 Å². The SMILES string of the molecule is CCC[CH2][Sn][CH2]CCC.O=C(O)/C(=C/c1cccc(F)c1)c1ccc(Cl)cc1.O=C(O)/C(=C/c1cccc(F)c1)c1ccc(Cl)cc1. The Morgan fingerprint density at radius 3 is 1.30 bits per heavy atom. The first-order chi connectivity index (χ1) is 22.5. The van der Waals surface area contributed by atoms with Gasteiger partial charge in [-0.25, -0.2) is 18.4 Å². The van der Waals surface area contributed by atoms with Crippen LogP contribution in [0, 0.1) is 11.6 Å². The number of carbonyl (C=O) groups is 2. The zero-order chi connectivity index (χ0) is 34.6. The maximum Gasteiger partial charge on any atom is 0.336 e. The predicted molar refractivity (Wildman–Crippen MR) is 192 cm³/mol. The van der Waals surface area contributed by atoms with Crippen molar-refractivity contribution in [1.82, 2.24) is 0 Å². The quantitative estimate of drug-likeness (QED) is 0.0649. The van der Waals surface area contributed by atoms with Crippen LogP contribution < -0.4 is 0 Å². The van der Waals surface area contributed by atoms with E-state index in [4.69, 9.17) is 23.2 Å². The Hall–Kier alpha value is -3.46. The fraction of sp³-hybridized carbons (Fsp3) is 0.211. The Kier molecular flexibility index (Phi) is 18.7. The summed E-state index contributed by atoms with van der Waals surface area (Å²) < 4.78 is 29.4. The Morgan fingerprint density at radius 1 is 0.638 bits per heavy atom. The van der Waals surface area contributed by atoms with Crippen LogP contribution in [0.5, 0.6) is 0 Å². The van der Waals surface area contributed by atoms with Crippen molar-refractivity contribution in [2.24, 2.45) is 0 Å². The fourth-order valence-electron chi connectivity index (χ4n) is 4.05. The number of halogens is 4. The molecule has 4 nitrogen and oxygen atoms in total. The first-order valence-corrected chi connectivity index (χ1v) is 20.0. The largest absolute Gasteiger partial charge is 0.478 e. The molecule has 0 saturated carbocycles. The number of benzene rings is 4. The van der Waals surface area contributed by atoms with Gasteiger partial charge in [-0.2, -0.15) is 0 Å². The molecule has 0 aromatic heterocycles. The van der Waals surface area contributed by atoms with Gasteiger partial charge in [0, 0.05) is 10.0 Å². The first kappa shape index (κ1) is 39.7. The zero-order valence-electron chi connectivity index (χ0n) is 26.4. The van der Waals surface area contributed by atoms with Crippen LogP contribution in [0.2, 0.25) is 18.9 Å². The van der Waals surface area contributed by atoms with Crippen LogP contribution in [0.15, 0.2) is 97.1 Å². The number of rotatable bonds is 12. The number of carboxylic acid groups (broad SMARTS) is 2. The number of aliphatic carboxylic acids is 2. The molecule has 4 aromatic rings. The van der Waals surface area contributed by atoms with Gasteiger partial charge in [0.25, 0.3) is 0 Å².